The molecule has 0 aromatic heterocycles. The first-order chi connectivity index (χ1) is 11.0. The zero-order valence-corrected chi connectivity index (χ0v) is 14.7. The quantitative estimate of drug-likeness (QED) is 0.920. The fourth-order valence-electron chi connectivity index (χ4n) is 3.60. The van der Waals surface area contributed by atoms with Gasteiger partial charge in [0.1, 0.15) is 5.75 Å². The van der Waals surface area contributed by atoms with Gasteiger partial charge in [-0.05, 0) is 63.3 Å². The first kappa shape index (κ1) is 16.6. The van der Waals surface area contributed by atoms with Crippen LogP contribution in [0.15, 0.2) is 18.2 Å². The molecule has 126 valence electrons. The molecule has 0 unspecified atom stereocenters. The summed E-state index contributed by atoms with van der Waals surface area (Å²) < 4.78 is 5.79. The van der Waals surface area contributed by atoms with Gasteiger partial charge in [0.05, 0.1) is 11.7 Å². The summed E-state index contributed by atoms with van der Waals surface area (Å²) in [7, 11) is 0. The summed E-state index contributed by atoms with van der Waals surface area (Å²) in [4.78, 5) is 14.9. The van der Waals surface area contributed by atoms with Crippen molar-refractivity contribution in [2.75, 3.05) is 26.2 Å². The van der Waals surface area contributed by atoms with E-state index in [1.54, 1.807) is 18.2 Å². The molecule has 1 aromatic rings. The van der Waals surface area contributed by atoms with Gasteiger partial charge < -0.3 is 15.0 Å². The molecular weight excluding hydrogens is 312 g/mol. The van der Waals surface area contributed by atoms with Gasteiger partial charge in [0.15, 0.2) is 0 Å². The Hall–Kier alpha value is -1.26. The molecule has 4 nitrogen and oxygen atoms in total. The molecule has 0 saturated carbocycles. The highest BCUT2D eigenvalue weighted by molar-refractivity contribution is 6.31. The van der Waals surface area contributed by atoms with E-state index in [2.05, 4.69) is 5.32 Å². The number of hydrogen-bond acceptors (Lipinski definition) is 3. The minimum absolute atomic E-state index is 0.0249. The fourth-order valence-corrected chi connectivity index (χ4v) is 3.77. The second-order valence-electron chi connectivity index (χ2n) is 7.03. The standard InChI is InChI=1S/C18H25ClN2O2/c1-13(2)23-16-4-3-14(19)11-15(16)17(22)21-9-6-18(7-10-21)5-8-20-12-18/h3-4,11,13,20H,5-10,12H2,1-2H3. The van der Waals surface area contributed by atoms with Gasteiger partial charge in [-0.25, -0.2) is 0 Å². The zero-order chi connectivity index (χ0) is 16.4. The molecule has 2 aliphatic heterocycles. The molecule has 1 spiro atoms. The first-order valence-corrected chi connectivity index (χ1v) is 8.83. The molecule has 1 amide bonds. The third kappa shape index (κ3) is 3.64. The van der Waals surface area contributed by atoms with Crippen LogP contribution in [-0.4, -0.2) is 43.1 Å². The number of carbonyl (C=O) groups is 1. The Morgan fingerprint density at radius 3 is 2.65 bits per heavy atom. The van der Waals surface area contributed by atoms with E-state index in [0.717, 1.165) is 39.0 Å². The van der Waals surface area contributed by atoms with Gasteiger partial charge in [0, 0.05) is 24.7 Å². The van der Waals surface area contributed by atoms with E-state index in [1.807, 2.05) is 18.7 Å². The molecule has 2 heterocycles. The van der Waals surface area contributed by atoms with Gasteiger partial charge in [0.25, 0.3) is 5.91 Å². The van der Waals surface area contributed by atoms with E-state index in [1.165, 1.54) is 6.42 Å². The predicted octanol–water partition coefficient (Wildman–Crippen LogP) is 3.34. The number of benzene rings is 1. The van der Waals surface area contributed by atoms with Crippen molar-refractivity contribution in [2.45, 2.75) is 39.2 Å². The van der Waals surface area contributed by atoms with Crippen LogP contribution in [0.25, 0.3) is 0 Å². The van der Waals surface area contributed by atoms with Crippen LogP contribution in [0, 0.1) is 5.41 Å². The molecule has 0 bridgehead atoms. The lowest BCUT2D eigenvalue weighted by Crippen LogP contribution is -2.44. The van der Waals surface area contributed by atoms with Crippen molar-refractivity contribution in [3.63, 3.8) is 0 Å². The highest BCUT2D eigenvalue weighted by Gasteiger charge is 2.38. The van der Waals surface area contributed by atoms with Crippen molar-refractivity contribution in [3.8, 4) is 5.75 Å². The Kier molecular flexibility index (Phi) is 4.83. The second kappa shape index (κ2) is 6.70. The van der Waals surface area contributed by atoms with E-state index >= 15 is 0 Å². The Morgan fingerprint density at radius 1 is 1.30 bits per heavy atom. The third-order valence-electron chi connectivity index (χ3n) is 4.98. The molecule has 2 saturated heterocycles. The summed E-state index contributed by atoms with van der Waals surface area (Å²) in [5.41, 5.74) is 0.981. The van der Waals surface area contributed by atoms with Crippen molar-refractivity contribution in [1.29, 1.82) is 0 Å². The van der Waals surface area contributed by atoms with E-state index in [4.69, 9.17) is 16.3 Å². The number of ether oxygens (including phenoxy) is 1. The lowest BCUT2D eigenvalue weighted by molar-refractivity contribution is 0.0602. The van der Waals surface area contributed by atoms with Crippen LogP contribution in [0.4, 0.5) is 0 Å². The maximum Gasteiger partial charge on any atom is 0.257 e. The number of amides is 1. The van der Waals surface area contributed by atoms with Crippen molar-refractivity contribution >= 4 is 17.5 Å². The summed E-state index contributed by atoms with van der Waals surface area (Å²) in [5.74, 6) is 0.654. The molecule has 1 aromatic carbocycles. The number of nitrogens with one attached hydrogen (secondary N) is 1. The summed E-state index contributed by atoms with van der Waals surface area (Å²) in [6.07, 6.45) is 3.41. The minimum Gasteiger partial charge on any atom is -0.490 e. The number of carbonyl (C=O) groups excluding carboxylic acids is 1. The topological polar surface area (TPSA) is 41.6 Å². The number of hydrogen-bond donors (Lipinski definition) is 1. The Balaban J connectivity index is 1.74. The normalized spacial score (nSPS) is 20.3. The highest BCUT2D eigenvalue weighted by Crippen LogP contribution is 2.37. The lowest BCUT2D eigenvalue weighted by Gasteiger charge is -2.39. The van der Waals surface area contributed by atoms with Crippen LogP contribution >= 0.6 is 11.6 Å². The number of likely N-dealkylation sites (tertiary alicyclic amines) is 1. The van der Waals surface area contributed by atoms with Crippen molar-refractivity contribution < 1.29 is 9.53 Å². The molecule has 0 atom stereocenters. The number of rotatable bonds is 3. The van der Waals surface area contributed by atoms with E-state index in [-0.39, 0.29) is 12.0 Å². The molecule has 3 rings (SSSR count). The predicted molar refractivity (Wildman–Crippen MR) is 92.3 cm³/mol. The molecule has 0 aliphatic carbocycles. The van der Waals surface area contributed by atoms with Gasteiger partial charge in [0.2, 0.25) is 0 Å². The van der Waals surface area contributed by atoms with E-state index < -0.39 is 0 Å². The largest absolute Gasteiger partial charge is 0.490 e. The Morgan fingerprint density at radius 2 is 2.04 bits per heavy atom. The molecule has 2 fully saturated rings. The maximum atomic E-state index is 12.9. The third-order valence-corrected chi connectivity index (χ3v) is 5.21. The maximum absolute atomic E-state index is 12.9. The molecule has 2 aliphatic rings. The Labute approximate surface area is 143 Å². The average Bonchev–Trinajstić information content (AvgIpc) is 2.97. The Bertz CT molecular complexity index is 572. The van der Waals surface area contributed by atoms with Gasteiger partial charge in [-0.1, -0.05) is 11.6 Å². The van der Waals surface area contributed by atoms with Gasteiger partial charge >= 0.3 is 0 Å². The summed E-state index contributed by atoms with van der Waals surface area (Å²) in [5, 5.41) is 4.02. The van der Waals surface area contributed by atoms with Crippen LogP contribution in [0.3, 0.4) is 0 Å². The van der Waals surface area contributed by atoms with Crippen molar-refractivity contribution in [1.82, 2.24) is 10.2 Å². The van der Waals surface area contributed by atoms with Crippen molar-refractivity contribution in [3.05, 3.63) is 28.8 Å². The SMILES string of the molecule is CC(C)Oc1ccc(Cl)cc1C(=O)N1CCC2(CCNC2)CC1. The smallest absolute Gasteiger partial charge is 0.257 e. The summed E-state index contributed by atoms with van der Waals surface area (Å²) >= 11 is 6.10. The van der Waals surface area contributed by atoms with Gasteiger partial charge in [-0.3, -0.25) is 4.79 Å². The van der Waals surface area contributed by atoms with Gasteiger partial charge in [-0.15, -0.1) is 0 Å². The average molecular weight is 337 g/mol. The van der Waals surface area contributed by atoms with E-state index in [9.17, 15) is 4.79 Å². The fraction of sp³-hybridized carbons (Fsp3) is 0.611. The lowest BCUT2D eigenvalue weighted by atomic mass is 9.78. The number of nitrogens with zero attached hydrogens (tertiary/aromatic N) is 1. The highest BCUT2D eigenvalue weighted by atomic mass is 35.5. The van der Waals surface area contributed by atoms with Crippen LogP contribution in [0.1, 0.15) is 43.5 Å². The number of piperidine rings is 1. The molecular formula is C18H25ClN2O2. The summed E-state index contributed by atoms with van der Waals surface area (Å²) in [6, 6.07) is 5.29. The molecule has 0 radical (unpaired) electrons. The minimum atomic E-state index is 0.0249. The van der Waals surface area contributed by atoms with Crippen LogP contribution in [0.5, 0.6) is 5.75 Å². The molecule has 23 heavy (non-hydrogen) atoms. The van der Waals surface area contributed by atoms with Crippen LogP contribution in [0.2, 0.25) is 5.02 Å². The zero-order valence-electron chi connectivity index (χ0n) is 13.9. The monoisotopic (exact) mass is 336 g/mol. The summed E-state index contributed by atoms with van der Waals surface area (Å²) in [6.45, 7) is 7.74. The molecule has 1 N–H and O–H groups in total. The van der Waals surface area contributed by atoms with Gasteiger partial charge in [-0.2, -0.15) is 0 Å². The molecule has 5 heteroatoms. The second-order valence-corrected chi connectivity index (χ2v) is 7.46. The van der Waals surface area contributed by atoms with Crippen molar-refractivity contribution in [2.24, 2.45) is 5.41 Å². The van der Waals surface area contributed by atoms with Crippen LogP contribution < -0.4 is 10.1 Å². The van der Waals surface area contributed by atoms with E-state index in [0.29, 0.717) is 21.8 Å². The first-order valence-electron chi connectivity index (χ1n) is 8.45. The van der Waals surface area contributed by atoms with Crippen LogP contribution in [-0.2, 0) is 0 Å². The number of halogens is 1.